The molecule has 0 spiro atoms. The molecule has 2 aromatic heterocycles. The molecule has 0 aliphatic rings. The maximum atomic E-state index is 11.8. The Labute approximate surface area is 124 Å². The van der Waals surface area contributed by atoms with Gasteiger partial charge >= 0.3 is 0 Å². The zero-order valence-corrected chi connectivity index (χ0v) is 12.5. The molecule has 0 saturated carbocycles. The summed E-state index contributed by atoms with van der Waals surface area (Å²) in [6.45, 7) is 2.34. The number of hydrogen-bond acceptors (Lipinski definition) is 4. The van der Waals surface area contributed by atoms with Crippen molar-refractivity contribution in [1.82, 2.24) is 10.2 Å². The van der Waals surface area contributed by atoms with Crippen LogP contribution in [0, 0.1) is 6.92 Å². The van der Waals surface area contributed by atoms with Crippen molar-refractivity contribution in [3.63, 3.8) is 0 Å². The molecule has 5 heteroatoms. The van der Waals surface area contributed by atoms with Crippen LogP contribution in [0.25, 0.3) is 6.08 Å². The molecule has 2 heterocycles. The summed E-state index contributed by atoms with van der Waals surface area (Å²) >= 11 is 0. The Bertz CT molecular complexity index is 597. The van der Waals surface area contributed by atoms with Crippen LogP contribution in [0.1, 0.15) is 23.3 Å². The minimum absolute atomic E-state index is 0.00297. The van der Waals surface area contributed by atoms with E-state index in [1.165, 1.54) is 6.08 Å². The first-order valence-electron chi connectivity index (χ1n) is 6.78. The lowest BCUT2D eigenvalue weighted by molar-refractivity contribution is -0.116. The molecule has 0 saturated heterocycles. The van der Waals surface area contributed by atoms with Crippen molar-refractivity contribution in [2.45, 2.75) is 13.0 Å². The van der Waals surface area contributed by atoms with Crippen LogP contribution in [-0.2, 0) is 4.79 Å². The van der Waals surface area contributed by atoms with Crippen LogP contribution in [0.4, 0.5) is 0 Å². The van der Waals surface area contributed by atoms with Gasteiger partial charge in [-0.3, -0.25) is 9.69 Å². The Hall–Kier alpha value is -2.27. The fourth-order valence-corrected chi connectivity index (χ4v) is 1.98. The molecule has 21 heavy (non-hydrogen) atoms. The average molecular weight is 288 g/mol. The highest BCUT2D eigenvalue weighted by Crippen LogP contribution is 2.17. The fourth-order valence-electron chi connectivity index (χ4n) is 1.98. The van der Waals surface area contributed by atoms with Gasteiger partial charge in [0.2, 0.25) is 5.91 Å². The molecule has 2 rings (SSSR count). The molecule has 112 valence electrons. The molecule has 0 radical (unpaired) electrons. The van der Waals surface area contributed by atoms with E-state index in [4.69, 9.17) is 8.83 Å². The van der Waals surface area contributed by atoms with E-state index in [1.807, 2.05) is 50.2 Å². The van der Waals surface area contributed by atoms with E-state index in [9.17, 15) is 4.79 Å². The van der Waals surface area contributed by atoms with Gasteiger partial charge < -0.3 is 14.2 Å². The van der Waals surface area contributed by atoms with Crippen LogP contribution in [0.5, 0.6) is 0 Å². The van der Waals surface area contributed by atoms with Gasteiger partial charge in [0.1, 0.15) is 17.3 Å². The Morgan fingerprint density at radius 2 is 2.19 bits per heavy atom. The number of nitrogens with zero attached hydrogens (tertiary/aromatic N) is 1. The molecule has 0 aliphatic heterocycles. The zero-order valence-electron chi connectivity index (χ0n) is 12.5. The summed E-state index contributed by atoms with van der Waals surface area (Å²) in [5.74, 6) is 2.15. The first-order chi connectivity index (χ1) is 10.1. The number of carbonyl (C=O) groups is 1. The molecule has 0 aliphatic carbocycles. The summed E-state index contributed by atoms with van der Waals surface area (Å²) in [6.07, 6.45) is 4.75. The highest BCUT2D eigenvalue weighted by molar-refractivity contribution is 5.91. The topological polar surface area (TPSA) is 58.6 Å². The van der Waals surface area contributed by atoms with E-state index in [2.05, 4.69) is 5.32 Å². The molecule has 1 N–H and O–H groups in total. The number of likely N-dealkylation sites (N-methyl/N-ethyl adjacent to an activating group) is 1. The third kappa shape index (κ3) is 4.36. The standard InChI is InChI=1S/C16H20N2O3/c1-12-6-7-13(21-12)8-9-16(19)17-11-14(18(2)3)15-5-4-10-20-15/h4-10,14H,11H2,1-3H3,(H,17,19)/b9-8+. The summed E-state index contributed by atoms with van der Waals surface area (Å²) in [5.41, 5.74) is 0. The van der Waals surface area contributed by atoms with Gasteiger partial charge in [0, 0.05) is 12.6 Å². The van der Waals surface area contributed by atoms with Gasteiger partial charge in [-0.05, 0) is 51.4 Å². The van der Waals surface area contributed by atoms with Gasteiger partial charge in [0.25, 0.3) is 0 Å². The molecular weight excluding hydrogens is 268 g/mol. The van der Waals surface area contributed by atoms with E-state index in [0.29, 0.717) is 12.3 Å². The molecule has 1 unspecified atom stereocenters. The predicted octanol–water partition coefficient (Wildman–Crippen LogP) is 2.61. The quantitative estimate of drug-likeness (QED) is 0.830. The minimum Gasteiger partial charge on any atom is -0.468 e. The number of nitrogens with one attached hydrogen (secondary N) is 1. The van der Waals surface area contributed by atoms with Crippen molar-refractivity contribution >= 4 is 12.0 Å². The summed E-state index contributed by atoms with van der Waals surface area (Å²) in [7, 11) is 3.89. The van der Waals surface area contributed by atoms with Crippen molar-refractivity contribution in [2.75, 3.05) is 20.6 Å². The Morgan fingerprint density at radius 1 is 1.38 bits per heavy atom. The molecule has 0 fully saturated rings. The van der Waals surface area contributed by atoms with Crippen LogP contribution in [0.2, 0.25) is 0 Å². The van der Waals surface area contributed by atoms with E-state index in [-0.39, 0.29) is 11.9 Å². The van der Waals surface area contributed by atoms with Crippen LogP contribution in [0.3, 0.4) is 0 Å². The number of hydrogen-bond donors (Lipinski definition) is 1. The molecule has 1 amide bonds. The average Bonchev–Trinajstić information content (AvgIpc) is 3.08. The lowest BCUT2D eigenvalue weighted by atomic mass is 10.2. The third-order valence-electron chi connectivity index (χ3n) is 3.12. The number of aryl methyl sites for hydroxylation is 1. The van der Waals surface area contributed by atoms with Gasteiger partial charge in [0.15, 0.2) is 0 Å². The maximum absolute atomic E-state index is 11.8. The second-order valence-electron chi connectivity index (χ2n) is 5.02. The first kappa shape index (κ1) is 15.1. The SMILES string of the molecule is Cc1ccc(/C=C/C(=O)NCC(c2ccco2)N(C)C)o1. The van der Waals surface area contributed by atoms with Crippen molar-refractivity contribution in [2.24, 2.45) is 0 Å². The Morgan fingerprint density at radius 3 is 2.76 bits per heavy atom. The van der Waals surface area contributed by atoms with Gasteiger partial charge in [0.05, 0.1) is 12.3 Å². The Balaban J connectivity index is 1.89. The van der Waals surface area contributed by atoms with Gasteiger partial charge in [-0.25, -0.2) is 0 Å². The smallest absolute Gasteiger partial charge is 0.244 e. The first-order valence-corrected chi connectivity index (χ1v) is 6.78. The summed E-state index contributed by atoms with van der Waals surface area (Å²) < 4.78 is 10.8. The second kappa shape index (κ2) is 6.95. The Kier molecular flexibility index (Phi) is 5.00. The number of carbonyl (C=O) groups excluding carboxylic acids is 1. The highest BCUT2D eigenvalue weighted by Gasteiger charge is 2.17. The van der Waals surface area contributed by atoms with Crippen molar-refractivity contribution < 1.29 is 13.6 Å². The van der Waals surface area contributed by atoms with Crippen molar-refractivity contribution in [1.29, 1.82) is 0 Å². The largest absolute Gasteiger partial charge is 0.468 e. The van der Waals surface area contributed by atoms with Crippen molar-refractivity contribution in [3.05, 3.63) is 53.9 Å². The molecule has 2 aromatic rings. The van der Waals surface area contributed by atoms with Gasteiger partial charge in [-0.2, -0.15) is 0 Å². The van der Waals surface area contributed by atoms with Crippen LogP contribution in [-0.4, -0.2) is 31.4 Å². The van der Waals surface area contributed by atoms with E-state index >= 15 is 0 Å². The molecule has 0 aromatic carbocycles. The molecular formula is C16H20N2O3. The van der Waals surface area contributed by atoms with E-state index < -0.39 is 0 Å². The van der Waals surface area contributed by atoms with Crippen LogP contribution >= 0.6 is 0 Å². The molecule has 1 atom stereocenters. The lowest BCUT2D eigenvalue weighted by Crippen LogP contribution is -2.33. The van der Waals surface area contributed by atoms with Crippen molar-refractivity contribution in [3.8, 4) is 0 Å². The van der Waals surface area contributed by atoms with Crippen LogP contribution < -0.4 is 5.32 Å². The summed E-state index contributed by atoms with van der Waals surface area (Å²) in [5, 5.41) is 2.86. The number of furan rings is 2. The summed E-state index contributed by atoms with van der Waals surface area (Å²) in [4.78, 5) is 13.8. The monoisotopic (exact) mass is 288 g/mol. The normalized spacial score (nSPS) is 13.0. The number of amides is 1. The molecule has 5 nitrogen and oxygen atoms in total. The fraction of sp³-hybridized carbons (Fsp3) is 0.312. The minimum atomic E-state index is -0.164. The zero-order chi connectivity index (χ0) is 15.2. The third-order valence-corrected chi connectivity index (χ3v) is 3.12. The maximum Gasteiger partial charge on any atom is 0.244 e. The van der Waals surface area contributed by atoms with Gasteiger partial charge in [-0.15, -0.1) is 0 Å². The second-order valence-corrected chi connectivity index (χ2v) is 5.02. The number of rotatable bonds is 6. The van der Waals surface area contributed by atoms with Crippen LogP contribution in [0.15, 0.2) is 45.4 Å². The lowest BCUT2D eigenvalue weighted by Gasteiger charge is -2.22. The van der Waals surface area contributed by atoms with Gasteiger partial charge in [-0.1, -0.05) is 0 Å². The highest BCUT2D eigenvalue weighted by atomic mass is 16.3. The summed E-state index contributed by atoms with van der Waals surface area (Å²) in [6, 6.07) is 7.43. The molecule has 0 bridgehead atoms. The van der Waals surface area contributed by atoms with E-state index in [1.54, 1.807) is 12.3 Å². The predicted molar refractivity (Wildman–Crippen MR) is 80.6 cm³/mol. The van der Waals surface area contributed by atoms with E-state index in [0.717, 1.165) is 11.5 Å².